The van der Waals surface area contributed by atoms with Crippen molar-refractivity contribution in [2.75, 3.05) is 23.3 Å². The van der Waals surface area contributed by atoms with Gasteiger partial charge >= 0.3 is 0 Å². The van der Waals surface area contributed by atoms with Gasteiger partial charge < -0.3 is 10.2 Å². The Morgan fingerprint density at radius 1 is 1.23 bits per heavy atom. The monoisotopic (exact) mass is 300 g/mol. The number of aromatic nitrogens is 2. The number of nitrogens with zero attached hydrogens (tertiary/aromatic N) is 3. The maximum Gasteiger partial charge on any atom is 0.147 e. The molecule has 0 unspecified atom stereocenters. The molecule has 1 N–H and O–H groups in total. The molecule has 1 aliphatic heterocycles. The lowest BCUT2D eigenvalue weighted by atomic mass is 10.0. The predicted molar refractivity (Wildman–Crippen MR) is 86.8 cm³/mol. The second kappa shape index (κ2) is 6.30. The number of nitrogens with one attached hydrogen (secondary N) is 1. The molecule has 0 spiro atoms. The third kappa shape index (κ3) is 3.35. The van der Waals surface area contributed by atoms with E-state index in [1.54, 1.807) is 18.3 Å². The number of rotatable bonds is 3. The number of hydrogen-bond donors (Lipinski definition) is 1. The van der Waals surface area contributed by atoms with Gasteiger partial charge in [0.2, 0.25) is 0 Å². The molecule has 0 saturated carbocycles. The van der Waals surface area contributed by atoms with E-state index in [1.807, 2.05) is 19.9 Å². The van der Waals surface area contributed by atoms with E-state index < -0.39 is 0 Å². The topological polar surface area (TPSA) is 41.1 Å². The van der Waals surface area contributed by atoms with E-state index in [-0.39, 0.29) is 5.82 Å². The Bertz CT molecular complexity index is 651. The quantitative estimate of drug-likeness (QED) is 0.944. The lowest BCUT2D eigenvalue weighted by molar-refractivity contribution is 0.523. The average Bonchev–Trinajstić information content (AvgIpc) is 2.52. The molecule has 0 atom stereocenters. The van der Waals surface area contributed by atoms with Crippen molar-refractivity contribution >= 4 is 11.5 Å². The summed E-state index contributed by atoms with van der Waals surface area (Å²) < 4.78 is 13.3. The molecule has 5 heteroatoms. The molecule has 0 bridgehead atoms. The Balaban J connectivity index is 1.61. The molecule has 1 fully saturated rings. The number of hydrogen-bond acceptors (Lipinski definition) is 4. The van der Waals surface area contributed by atoms with Crippen molar-refractivity contribution in [1.82, 2.24) is 9.97 Å². The van der Waals surface area contributed by atoms with E-state index >= 15 is 0 Å². The third-order valence-corrected chi connectivity index (χ3v) is 4.09. The fraction of sp³-hybridized carbons (Fsp3) is 0.412. The highest BCUT2D eigenvalue weighted by Gasteiger charge is 2.20. The van der Waals surface area contributed by atoms with Gasteiger partial charge in [-0.1, -0.05) is 6.07 Å². The van der Waals surface area contributed by atoms with Gasteiger partial charge in [-0.15, -0.1) is 0 Å². The van der Waals surface area contributed by atoms with Crippen LogP contribution in [0.1, 0.15) is 24.2 Å². The van der Waals surface area contributed by atoms with Crippen LogP contribution in [0.15, 0.2) is 30.5 Å². The van der Waals surface area contributed by atoms with Crippen LogP contribution in [0.25, 0.3) is 0 Å². The number of aryl methyl sites for hydroxylation is 2. The van der Waals surface area contributed by atoms with Gasteiger partial charge in [-0.05, 0) is 44.9 Å². The first-order valence-electron chi connectivity index (χ1n) is 7.69. The largest absolute Gasteiger partial charge is 0.371 e. The van der Waals surface area contributed by atoms with Crippen LogP contribution in [0.2, 0.25) is 0 Å². The van der Waals surface area contributed by atoms with Crippen molar-refractivity contribution in [2.24, 2.45) is 0 Å². The van der Waals surface area contributed by atoms with Crippen molar-refractivity contribution in [2.45, 2.75) is 32.7 Å². The molecule has 3 rings (SSSR count). The van der Waals surface area contributed by atoms with Crippen LogP contribution in [0.4, 0.5) is 15.9 Å². The minimum Gasteiger partial charge on any atom is -0.371 e. The molecule has 2 aromatic rings. The fourth-order valence-corrected chi connectivity index (χ4v) is 2.82. The minimum atomic E-state index is -0.177. The maximum absolute atomic E-state index is 13.3. The van der Waals surface area contributed by atoms with Gasteiger partial charge in [0.25, 0.3) is 0 Å². The molecular formula is C17H21FN4. The van der Waals surface area contributed by atoms with Crippen molar-refractivity contribution in [1.29, 1.82) is 0 Å². The number of benzene rings is 1. The summed E-state index contributed by atoms with van der Waals surface area (Å²) in [5, 5.41) is 3.50. The predicted octanol–water partition coefficient (Wildman–Crippen LogP) is 3.31. The zero-order valence-electron chi connectivity index (χ0n) is 13.0. The van der Waals surface area contributed by atoms with E-state index in [9.17, 15) is 4.39 Å². The summed E-state index contributed by atoms with van der Waals surface area (Å²) in [4.78, 5) is 11.1. The minimum absolute atomic E-state index is 0.177. The van der Waals surface area contributed by atoms with Crippen LogP contribution in [0.5, 0.6) is 0 Å². The number of anilines is 2. The molecule has 1 aromatic carbocycles. The molecule has 1 saturated heterocycles. The third-order valence-electron chi connectivity index (χ3n) is 4.09. The highest BCUT2D eigenvalue weighted by atomic mass is 19.1. The molecule has 1 aromatic heterocycles. The molecule has 0 radical (unpaired) electrons. The number of piperidine rings is 1. The van der Waals surface area contributed by atoms with Crippen LogP contribution >= 0.6 is 0 Å². The molecule has 22 heavy (non-hydrogen) atoms. The molecule has 2 heterocycles. The van der Waals surface area contributed by atoms with Crippen molar-refractivity contribution < 1.29 is 4.39 Å². The van der Waals surface area contributed by atoms with Crippen LogP contribution in [-0.4, -0.2) is 29.1 Å². The smallest absolute Gasteiger partial charge is 0.147 e. The second-order valence-corrected chi connectivity index (χ2v) is 5.83. The first-order valence-corrected chi connectivity index (χ1v) is 7.69. The van der Waals surface area contributed by atoms with Crippen LogP contribution < -0.4 is 10.2 Å². The summed E-state index contributed by atoms with van der Waals surface area (Å²) in [6.45, 7) is 5.75. The van der Waals surface area contributed by atoms with Gasteiger partial charge in [0, 0.05) is 31.0 Å². The SMILES string of the molecule is Cc1cnc(C)c(NC2CCN(c3cccc(F)c3)CC2)n1. The maximum atomic E-state index is 13.3. The molecule has 1 aliphatic rings. The molecule has 0 aliphatic carbocycles. The van der Waals surface area contributed by atoms with Gasteiger partial charge in [0.15, 0.2) is 0 Å². The van der Waals surface area contributed by atoms with E-state index in [0.717, 1.165) is 48.8 Å². The van der Waals surface area contributed by atoms with E-state index in [0.29, 0.717) is 6.04 Å². The molecule has 4 nitrogen and oxygen atoms in total. The van der Waals surface area contributed by atoms with Crippen LogP contribution in [0.3, 0.4) is 0 Å². The van der Waals surface area contributed by atoms with Gasteiger partial charge in [0.05, 0.1) is 11.4 Å². The zero-order valence-corrected chi connectivity index (χ0v) is 13.0. The average molecular weight is 300 g/mol. The van der Waals surface area contributed by atoms with Crippen molar-refractivity contribution in [3.8, 4) is 0 Å². The number of halogens is 1. The van der Waals surface area contributed by atoms with Crippen LogP contribution in [0, 0.1) is 19.7 Å². The summed E-state index contributed by atoms with van der Waals surface area (Å²) >= 11 is 0. The Kier molecular flexibility index (Phi) is 4.22. The van der Waals surface area contributed by atoms with Gasteiger partial charge in [-0.2, -0.15) is 0 Å². The Morgan fingerprint density at radius 2 is 2.00 bits per heavy atom. The Labute approximate surface area is 130 Å². The Morgan fingerprint density at radius 3 is 2.73 bits per heavy atom. The Hall–Kier alpha value is -2.17. The van der Waals surface area contributed by atoms with Crippen LogP contribution in [-0.2, 0) is 0 Å². The van der Waals surface area contributed by atoms with E-state index in [2.05, 4.69) is 20.2 Å². The van der Waals surface area contributed by atoms with Gasteiger partial charge in [-0.25, -0.2) is 9.37 Å². The van der Waals surface area contributed by atoms with Crippen molar-refractivity contribution in [3.63, 3.8) is 0 Å². The van der Waals surface area contributed by atoms with E-state index in [1.165, 1.54) is 6.07 Å². The summed E-state index contributed by atoms with van der Waals surface area (Å²) in [5.41, 5.74) is 2.81. The summed E-state index contributed by atoms with van der Waals surface area (Å²) in [7, 11) is 0. The summed E-state index contributed by atoms with van der Waals surface area (Å²) in [6, 6.07) is 7.20. The highest BCUT2D eigenvalue weighted by Crippen LogP contribution is 2.22. The zero-order chi connectivity index (χ0) is 15.5. The first-order chi connectivity index (χ1) is 10.6. The fourth-order valence-electron chi connectivity index (χ4n) is 2.82. The normalized spacial score (nSPS) is 15.9. The van der Waals surface area contributed by atoms with Crippen molar-refractivity contribution in [3.05, 3.63) is 47.7 Å². The van der Waals surface area contributed by atoms with Gasteiger partial charge in [-0.3, -0.25) is 4.98 Å². The molecule has 116 valence electrons. The highest BCUT2D eigenvalue weighted by molar-refractivity contribution is 5.47. The van der Waals surface area contributed by atoms with Gasteiger partial charge in [0.1, 0.15) is 11.6 Å². The van der Waals surface area contributed by atoms with E-state index in [4.69, 9.17) is 0 Å². The summed E-state index contributed by atoms with van der Waals surface area (Å²) in [5.74, 6) is 0.701. The summed E-state index contributed by atoms with van der Waals surface area (Å²) in [6.07, 6.45) is 3.80. The second-order valence-electron chi connectivity index (χ2n) is 5.83. The lowest BCUT2D eigenvalue weighted by Gasteiger charge is -2.34. The first kappa shape index (κ1) is 14.8. The lowest BCUT2D eigenvalue weighted by Crippen LogP contribution is -2.39. The molecule has 0 amide bonds. The molecular weight excluding hydrogens is 279 g/mol. The standard InChI is InChI=1S/C17H21FN4/c1-12-11-19-13(2)17(20-12)21-15-6-8-22(9-7-15)16-5-3-4-14(18)10-16/h3-5,10-11,15H,6-9H2,1-2H3,(H,20,21).